The number of rotatable bonds is 8. The molecule has 0 radical (unpaired) electrons. The van der Waals surface area contributed by atoms with E-state index < -0.39 is 5.60 Å². The van der Waals surface area contributed by atoms with Gasteiger partial charge in [-0.2, -0.15) is 0 Å². The van der Waals surface area contributed by atoms with Crippen molar-refractivity contribution < 1.29 is 14.1 Å². The molecule has 1 unspecified atom stereocenters. The number of hydrogen-bond acceptors (Lipinski definition) is 5. The number of halogens is 1. The van der Waals surface area contributed by atoms with Crippen LogP contribution in [-0.4, -0.2) is 54.4 Å². The zero-order valence-corrected chi connectivity index (χ0v) is 21.4. The first-order valence-electron chi connectivity index (χ1n) is 9.99. The molecule has 0 spiro atoms. The van der Waals surface area contributed by atoms with Gasteiger partial charge in [0, 0.05) is 45.2 Å². The molecule has 2 N–H and O–H groups in total. The largest absolute Gasteiger partial charge is 0.444 e. The first kappa shape index (κ1) is 27.5. The predicted octanol–water partition coefficient (Wildman–Crippen LogP) is 3.73. The number of ether oxygens (including phenoxy) is 1. The second-order valence-corrected chi connectivity index (χ2v) is 7.82. The van der Waals surface area contributed by atoms with Crippen LogP contribution in [-0.2, 0) is 24.1 Å². The molecular formula is C20H38IN5O3. The lowest BCUT2D eigenvalue weighted by Gasteiger charge is -2.28. The van der Waals surface area contributed by atoms with Crippen LogP contribution in [0.3, 0.4) is 0 Å². The molecule has 1 atom stereocenters. The number of aryl methyl sites for hydroxylation is 2. The van der Waals surface area contributed by atoms with Crippen LogP contribution in [0.1, 0.15) is 65.0 Å². The number of nitrogens with one attached hydrogen (secondary N) is 2. The standard InChI is InChI=1S/C20H37N5O3.HI/c1-9-16-15(17(10-2)28-24-16)13-23-18(21-7)22-12-11-14(3)25(8)19(26)27-20(4,5)6;/h14H,9-13H2,1-8H3,(H2,21,22,23);1H. The van der Waals surface area contributed by atoms with E-state index in [0.717, 1.165) is 36.3 Å². The fourth-order valence-corrected chi connectivity index (χ4v) is 2.64. The molecule has 9 heteroatoms. The summed E-state index contributed by atoms with van der Waals surface area (Å²) in [5.41, 5.74) is 1.59. The van der Waals surface area contributed by atoms with E-state index in [1.165, 1.54) is 0 Å². The molecule has 0 fully saturated rings. The van der Waals surface area contributed by atoms with Crippen LogP contribution in [0.4, 0.5) is 4.79 Å². The summed E-state index contributed by atoms with van der Waals surface area (Å²) in [5.74, 6) is 1.62. The Morgan fingerprint density at radius 3 is 2.45 bits per heavy atom. The molecule has 168 valence electrons. The number of nitrogens with zero attached hydrogens (tertiary/aromatic N) is 3. The zero-order valence-electron chi connectivity index (χ0n) is 19.1. The van der Waals surface area contributed by atoms with Crippen molar-refractivity contribution in [2.75, 3.05) is 20.6 Å². The van der Waals surface area contributed by atoms with Gasteiger partial charge in [-0.3, -0.25) is 4.99 Å². The number of hydrogen-bond donors (Lipinski definition) is 2. The number of amides is 1. The maximum atomic E-state index is 12.1. The quantitative estimate of drug-likeness (QED) is 0.307. The summed E-state index contributed by atoms with van der Waals surface area (Å²) < 4.78 is 10.8. The molecule has 1 aromatic rings. The first-order valence-corrected chi connectivity index (χ1v) is 9.99. The lowest BCUT2D eigenvalue weighted by Crippen LogP contribution is -2.42. The van der Waals surface area contributed by atoms with E-state index in [2.05, 4.69) is 34.6 Å². The Morgan fingerprint density at radius 2 is 1.93 bits per heavy atom. The van der Waals surface area contributed by atoms with Crippen LogP contribution in [0, 0.1) is 0 Å². The molecule has 0 aliphatic rings. The molecule has 1 heterocycles. The van der Waals surface area contributed by atoms with Gasteiger partial charge in [0.15, 0.2) is 5.96 Å². The van der Waals surface area contributed by atoms with Gasteiger partial charge in [-0.1, -0.05) is 19.0 Å². The molecule has 29 heavy (non-hydrogen) atoms. The van der Waals surface area contributed by atoms with Crippen LogP contribution in [0.2, 0.25) is 0 Å². The third-order valence-corrected chi connectivity index (χ3v) is 4.46. The molecule has 0 saturated carbocycles. The van der Waals surface area contributed by atoms with Crippen molar-refractivity contribution in [2.45, 2.75) is 79.0 Å². The molecule has 0 bridgehead atoms. The van der Waals surface area contributed by atoms with E-state index in [-0.39, 0.29) is 36.1 Å². The second kappa shape index (κ2) is 12.9. The van der Waals surface area contributed by atoms with Gasteiger partial charge in [-0.25, -0.2) is 4.79 Å². The topological polar surface area (TPSA) is 92.0 Å². The maximum Gasteiger partial charge on any atom is 0.410 e. The minimum Gasteiger partial charge on any atom is -0.444 e. The third kappa shape index (κ3) is 9.22. The maximum absolute atomic E-state index is 12.1. The van der Waals surface area contributed by atoms with E-state index >= 15 is 0 Å². The van der Waals surface area contributed by atoms with Crippen LogP contribution >= 0.6 is 24.0 Å². The fraction of sp³-hybridized carbons (Fsp3) is 0.750. The van der Waals surface area contributed by atoms with E-state index in [9.17, 15) is 4.79 Å². The minimum absolute atomic E-state index is 0. The molecular weight excluding hydrogens is 485 g/mol. The van der Waals surface area contributed by atoms with E-state index in [1.807, 2.05) is 27.7 Å². The molecule has 0 saturated heterocycles. The van der Waals surface area contributed by atoms with Crippen molar-refractivity contribution in [1.82, 2.24) is 20.7 Å². The SMILES string of the molecule is CCc1noc(CC)c1CNC(=NC)NCCC(C)N(C)C(=O)OC(C)(C)C.I. The molecule has 8 nitrogen and oxygen atoms in total. The van der Waals surface area contributed by atoms with Crippen molar-refractivity contribution in [3.8, 4) is 0 Å². The highest BCUT2D eigenvalue weighted by molar-refractivity contribution is 14.0. The highest BCUT2D eigenvalue weighted by Crippen LogP contribution is 2.15. The van der Waals surface area contributed by atoms with Crippen molar-refractivity contribution >= 4 is 36.0 Å². The molecule has 1 aromatic heterocycles. The van der Waals surface area contributed by atoms with Gasteiger partial charge >= 0.3 is 6.09 Å². The van der Waals surface area contributed by atoms with Crippen LogP contribution in [0.5, 0.6) is 0 Å². The Morgan fingerprint density at radius 1 is 1.28 bits per heavy atom. The Balaban J connectivity index is 0.00000784. The molecule has 0 aliphatic heterocycles. The summed E-state index contributed by atoms with van der Waals surface area (Å²) in [6, 6.07) is 0.0388. The normalized spacial score (nSPS) is 12.8. The number of carbonyl (C=O) groups excluding carboxylic acids is 1. The van der Waals surface area contributed by atoms with Crippen LogP contribution in [0.15, 0.2) is 9.52 Å². The summed E-state index contributed by atoms with van der Waals surface area (Å²) in [6.45, 7) is 13.0. The third-order valence-electron chi connectivity index (χ3n) is 4.46. The van der Waals surface area contributed by atoms with Crippen molar-refractivity contribution in [1.29, 1.82) is 0 Å². The van der Waals surface area contributed by atoms with Gasteiger partial charge in [-0.05, 0) is 40.5 Å². The van der Waals surface area contributed by atoms with E-state index in [4.69, 9.17) is 9.26 Å². The number of carbonyl (C=O) groups is 1. The summed E-state index contributed by atoms with van der Waals surface area (Å²) in [5, 5.41) is 10.7. The fourth-order valence-electron chi connectivity index (χ4n) is 2.64. The van der Waals surface area contributed by atoms with Crippen molar-refractivity contribution in [3.63, 3.8) is 0 Å². The van der Waals surface area contributed by atoms with Crippen LogP contribution in [0.25, 0.3) is 0 Å². The van der Waals surface area contributed by atoms with Gasteiger partial charge in [-0.15, -0.1) is 24.0 Å². The van der Waals surface area contributed by atoms with Crippen LogP contribution < -0.4 is 10.6 Å². The number of aliphatic imine (C=N–C) groups is 1. The number of aromatic nitrogens is 1. The predicted molar refractivity (Wildman–Crippen MR) is 127 cm³/mol. The van der Waals surface area contributed by atoms with E-state index in [1.54, 1.807) is 19.0 Å². The molecule has 1 amide bonds. The average Bonchev–Trinajstić information content (AvgIpc) is 3.04. The highest BCUT2D eigenvalue weighted by atomic mass is 127. The van der Waals surface area contributed by atoms with Crippen molar-refractivity contribution in [3.05, 3.63) is 17.0 Å². The summed E-state index contributed by atoms with van der Waals surface area (Å²) in [7, 11) is 3.50. The van der Waals surface area contributed by atoms with Gasteiger partial charge in [0.1, 0.15) is 11.4 Å². The lowest BCUT2D eigenvalue weighted by atomic mass is 10.1. The van der Waals surface area contributed by atoms with E-state index in [0.29, 0.717) is 19.0 Å². The molecule has 0 aromatic carbocycles. The lowest BCUT2D eigenvalue weighted by molar-refractivity contribution is 0.0230. The Labute approximate surface area is 192 Å². The Hall–Kier alpha value is -1.52. The Kier molecular flexibility index (Phi) is 12.2. The smallest absolute Gasteiger partial charge is 0.410 e. The van der Waals surface area contributed by atoms with Gasteiger partial charge < -0.3 is 24.8 Å². The second-order valence-electron chi connectivity index (χ2n) is 7.82. The monoisotopic (exact) mass is 523 g/mol. The first-order chi connectivity index (χ1) is 13.1. The zero-order chi connectivity index (χ0) is 21.3. The van der Waals surface area contributed by atoms with Crippen molar-refractivity contribution in [2.24, 2.45) is 4.99 Å². The minimum atomic E-state index is -0.494. The van der Waals surface area contributed by atoms with Gasteiger partial charge in [0.05, 0.1) is 5.69 Å². The molecule has 0 aliphatic carbocycles. The average molecular weight is 523 g/mol. The molecule has 1 rings (SSSR count). The van der Waals surface area contributed by atoms with Gasteiger partial charge in [0.2, 0.25) is 0 Å². The number of guanidine groups is 1. The summed E-state index contributed by atoms with van der Waals surface area (Å²) >= 11 is 0. The Bertz CT molecular complexity index is 634. The van der Waals surface area contributed by atoms with Gasteiger partial charge in [0.25, 0.3) is 0 Å². The summed E-state index contributed by atoms with van der Waals surface area (Å²) in [4.78, 5) is 18.0. The highest BCUT2D eigenvalue weighted by Gasteiger charge is 2.22. The summed E-state index contributed by atoms with van der Waals surface area (Å²) in [6.07, 6.45) is 2.10.